The maximum absolute atomic E-state index is 12.7. The van der Waals surface area contributed by atoms with Gasteiger partial charge < -0.3 is 9.88 Å². The van der Waals surface area contributed by atoms with E-state index in [-0.39, 0.29) is 5.56 Å². The van der Waals surface area contributed by atoms with E-state index < -0.39 is 0 Å². The standard InChI is InChI=1S/C19H29N3OS/c1-5-12(2)10-15-14(4)24-19-17(15)18(23)20-16(21-19)11-22-8-6-13(3)7-9-22/h12-13H,5-11H2,1-4H3,(H,20,21,23)/p+1/t12-/m1/s1. The fourth-order valence-corrected chi connectivity index (χ4v) is 4.70. The first-order valence-electron chi connectivity index (χ1n) is 9.32. The summed E-state index contributed by atoms with van der Waals surface area (Å²) in [5, 5.41) is 0.837. The number of aromatic nitrogens is 2. The third-order valence-electron chi connectivity index (χ3n) is 5.56. The minimum Gasteiger partial charge on any atom is -0.329 e. The first-order chi connectivity index (χ1) is 11.5. The molecule has 1 fully saturated rings. The SMILES string of the molecule is CC[C@@H](C)Cc1c(C)sc2nc(C[NH+]3CCC(C)CC3)[nH]c(=O)c12. The summed E-state index contributed by atoms with van der Waals surface area (Å²) in [7, 11) is 0. The van der Waals surface area contributed by atoms with E-state index in [1.54, 1.807) is 16.2 Å². The molecule has 4 nitrogen and oxygen atoms in total. The smallest absolute Gasteiger partial charge is 0.260 e. The molecule has 2 aromatic heterocycles. The minimum absolute atomic E-state index is 0.0578. The van der Waals surface area contributed by atoms with Gasteiger partial charge in [-0.05, 0) is 43.6 Å². The number of aryl methyl sites for hydroxylation is 1. The molecule has 3 rings (SSSR count). The predicted octanol–water partition coefficient (Wildman–Crippen LogP) is 2.70. The van der Waals surface area contributed by atoms with Crippen molar-refractivity contribution < 1.29 is 4.90 Å². The molecular formula is C19H30N3OS+. The second-order valence-electron chi connectivity index (χ2n) is 7.66. The van der Waals surface area contributed by atoms with Crippen LogP contribution in [0.3, 0.4) is 0 Å². The van der Waals surface area contributed by atoms with Gasteiger partial charge in [0.15, 0.2) is 5.82 Å². The van der Waals surface area contributed by atoms with Gasteiger partial charge in [0.2, 0.25) is 0 Å². The molecule has 3 heterocycles. The molecule has 0 spiro atoms. The molecule has 0 aromatic carbocycles. The van der Waals surface area contributed by atoms with Crippen LogP contribution in [0, 0.1) is 18.8 Å². The van der Waals surface area contributed by atoms with Crippen LogP contribution in [0.5, 0.6) is 0 Å². The summed E-state index contributed by atoms with van der Waals surface area (Å²) in [6.45, 7) is 12.1. The van der Waals surface area contributed by atoms with Gasteiger partial charge in [0.05, 0.1) is 18.5 Å². The lowest BCUT2D eigenvalue weighted by molar-refractivity contribution is -0.920. The summed E-state index contributed by atoms with van der Waals surface area (Å²) >= 11 is 1.68. The molecule has 132 valence electrons. The lowest BCUT2D eigenvalue weighted by atomic mass is 9.98. The predicted molar refractivity (Wildman–Crippen MR) is 101 cm³/mol. The maximum Gasteiger partial charge on any atom is 0.260 e. The second-order valence-corrected chi connectivity index (χ2v) is 8.86. The van der Waals surface area contributed by atoms with Crippen molar-refractivity contribution in [1.82, 2.24) is 9.97 Å². The largest absolute Gasteiger partial charge is 0.329 e. The lowest BCUT2D eigenvalue weighted by Gasteiger charge is -2.26. The summed E-state index contributed by atoms with van der Waals surface area (Å²) in [5.74, 6) is 2.29. The van der Waals surface area contributed by atoms with Gasteiger partial charge in [-0.25, -0.2) is 4.98 Å². The third-order valence-corrected chi connectivity index (χ3v) is 6.60. The van der Waals surface area contributed by atoms with Crippen LogP contribution in [-0.4, -0.2) is 23.1 Å². The van der Waals surface area contributed by atoms with Crippen LogP contribution in [0.4, 0.5) is 0 Å². The molecule has 1 aliphatic heterocycles. The van der Waals surface area contributed by atoms with Gasteiger partial charge in [-0.3, -0.25) is 4.79 Å². The average Bonchev–Trinajstić information content (AvgIpc) is 2.85. The zero-order valence-corrected chi connectivity index (χ0v) is 16.2. The highest BCUT2D eigenvalue weighted by Gasteiger charge is 2.21. The average molecular weight is 349 g/mol. The van der Waals surface area contributed by atoms with Crippen LogP contribution in [0.1, 0.15) is 56.3 Å². The van der Waals surface area contributed by atoms with Gasteiger partial charge in [-0.1, -0.05) is 27.2 Å². The van der Waals surface area contributed by atoms with Gasteiger partial charge in [-0.15, -0.1) is 11.3 Å². The fraction of sp³-hybridized carbons (Fsp3) is 0.684. The summed E-state index contributed by atoms with van der Waals surface area (Å²) < 4.78 is 0. The number of rotatable bonds is 5. The van der Waals surface area contributed by atoms with Crippen molar-refractivity contribution in [3.63, 3.8) is 0 Å². The van der Waals surface area contributed by atoms with Crippen molar-refractivity contribution in [2.45, 2.75) is 59.9 Å². The second kappa shape index (κ2) is 7.36. The van der Waals surface area contributed by atoms with Crippen molar-refractivity contribution in [3.05, 3.63) is 26.6 Å². The number of piperidine rings is 1. The molecule has 2 N–H and O–H groups in total. The molecule has 0 saturated carbocycles. The summed E-state index contributed by atoms with van der Waals surface area (Å²) in [6, 6.07) is 0. The van der Waals surface area contributed by atoms with Crippen molar-refractivity contribution in [2.24, 2.45) is 11.8 Å². The molecule has 0 aliphatic carbocycles. The Morgan fingerprint density at radius 3 is 2.75 bits per heavy atom. The van der Waals surface area contributed by atoms with E-state index in [0.29, 0.717) is 5.92 Å². The molecule has 0 unspecified atom stereocenters. The first-order valence-corrected chi connectivity index (χ1v) is 10.1. The molecule has 0 radical (unpaired) electrons. The number of nitrogens with zero attached hydrogens (tertiary/aromatic N) is 1. The number of hydrogen-bond donors (Lipinski definition) is 2. The summed E-state index contributed by atoms with van der Waals surface area (Å²) in [5.41, 5.74) is 1.27. The van der Waals surface area contributed by atoms with Gasteiger partial charge in [0, 0.05) is 4.88 Å². The number of aromatic amines is 1. The number of hydrogen-bond acceptors (Lipinski definition) is 3. The van der Waals surface area contributed by atoms with E-state index in [9.17, 15) is 4.79 Å². The van der Waals surface area contributed by atoms with E-state index in [4.69, 9.17) is 4.98 Å². The highest BCUT2D eigenvalue weighted by Crippen LogP contribution is 2.29. The number of nitrogens with one attached hydrogen (secondary N) is 2. The van der Waals surface area contributed by atoms with Crippen LogP contribution >= 0.6 is 11.3 Å². The normalized spacial score (nSPS) is 22.8. The highest BCUT2D eigenvalue weighted by molar-refractivity contribution is 7.18. The Bertz CT molecular complexity index is 756. The van der Waals surface area contributed by atoms with Crippen molar-refractivity contribution in [1.29, 1.82) is 0 Å². The van der Waals surface area contributed by atoms with Gasteiger partial charge in [0.25, 0.3) is 5.56 Å². The zero-order chi connectivity index (χ0) is 17.3. The fourth-order valence-electron chi connectivity index (χ4n) is 3.63. The Morgan fingerprint density at radius 1 is 1.38 bits per heavy atom. The Balaban J connectivity index is 1.87. The van der Waals surface area contributed by atoms with Crippen molar-refractivity contribution in [2.75, 3.05) is 13.1 Å². The van der Waals surface area contributed by atoms with Crippen LogP contribution in [0.2, 0.25) is 0 Å². The molecule has 0 bridgehead atoms. The minimum atomic E-state index is 0.0578. The number of likely N-dealkylation sites (tertiary alicyclic amines) is 1. The number of fused-ring (bicyclic) bond motifs is 1. The molecule has 1 aliphatic rings. The topological polar surface area (TPSA) is 50.2 Å². The monoisotopic (exact) mass is 348 g/mol. The molecule has 24 heavy (non-hydrogen) atoms. The van der Waals surface area contributed by atoms with Crippen molar-refractivity contribution in [3.8, 4) is 0 Å². The number of thiophene rings is 1. The first kappa shape index (κ1) is 17.6. The molecule has 0 amide bonds. The van der Waals surface area contributed by atoms with Gasteiger partial charge in [0.1, 0.15) is 11.4 Å². The van der Waals surface area contributed by atoms with Gasteiger partial charge in [-0.2, -0.15) is 0 Å². The van der Waals surface area contributed by atoms with E-state index in [1.165, 1.54) is 36.4 Å². The quantitative estimate of drug-likeness (QED) is 0.873. The van der Waals surface area contributed by atoms with E-state index in [0.717, 1.165) is 41.3 Å². The van der Waals surface area contributed by atoms with Gasteiger partial charge >= 0.3 is 0 Å². The van der Waals surface area contributed by atoms with Crippen LogP contribution in [-0.2, 0) is 13.0 Å². The van der Waals surface area contributed by atoms with E-state index >= 15 is 0 Å². The molecule has 2 aromatic rings. The Kier molecular flexibility index (Phi) is 5.40. The number of H-pyrrole nitrogens is 1. The Morgan fingerprint density at radius 2 is 2.08 bits per heavy atom. The zero-order valence-electron chi connectivity index (χ0n) is 15.4. The molecule has 1 saturated heterocycles. The van der Waals surface area contributed by atoms with Crippen LogP contribution in [0.25, 0.3) is 10.2 Å². The summed E-state index contributed by atoms with van der Waals surface area (Å²) in [4.78, 5) is 24.3. The Hall–Kier alpha value is -1.20. The molecule has 1 atom stereocenters. The third kappa shape index (κ3) is 3.72. The van der Waals surface area contributed by atoms with Crippen LogP contribution < -0.4 is 10.5 Å². The maximum atomic E-state index is 12.7. The van der Waals surface area contributed by atoms with E-state index in [1.807, 2.05) is 0 Å². The lowest BCUT2D eigenvalue weighted by Crippen LogP contribution is -3.11. The number of quaternary nitrogens is 1. The van der Waals surface area contributed by atoms with E-state index in [2.05, 4.69) is 32.7 Å². The summed E-state index contributed by atoms with van der Waals surface area (Å²) in [6.07, 6.45) is 4.66. The Labute approximate surface area is 148 Å². The highest BCUT2D eigenvalue weighted by atomic mass is 32.1. The molecule has 5 heteroatoms. The molecular weight excluding hydrogens is 318 g/mol. The van der Waals surface area contributed by atoms with Crippen LogP contribution in [0.15, 0.2) is 4.79 Å². The van der Waals surface area contributed by atoms with Crippen molar-refractivity contribution >= 4 is 21.6 Å².